The number of thioether (sulfide) groups is 1. The van der Waals surface area contributed by atoms with Crippen molar-refractivity contribution in [3.63, 3.8) is 0 Å². The molecule has 0 aromatic heterocycles. The first-order valence-electron chi connectivity index (χ1n) is 10.9. The van der Waals surface area contributed by atoms with Crippen LogP contribution in [0.25, 0.3) is 0 Å². The highest BCUT2D eigenvalue weighted by Gasteiger charge is 2.44. The lowest BCUT2D eigenvalue weighted by Crippen LogP contribution is -2.44. The van der Waals surface area contributed by atoms with Crippen LogP contribution in [-0.2, 0) is 30.0 Å². The zero-order chi connectivity index (χ0) is 28.9. The summed E-state index contributed by atoms with van der Waals surface area (Å²) in [6, 6.07) is 10.5. The Bertz CT molecular complexity index is 1390. The summed E-state index contributed by atoms with van der Waals surface area (Å²) in [7, 11) is 2.28. The average Bonchev–Trinajstić information content (AvgIpc) is 2.91. The second kappa shape index (κ2) is 12.2. The number of amides is 2. The lowest BCUT2D eigenvalue weighted by Gasteiger charge is -2.31. The third kappa shape index (κ3) is 6.71. The molecule has 204 valence electrons. The Balaban J connectivity index is 1.89. The number of nitriles is 1. The lowest BCUT2D eigenvalue weighted by atomic mass is 9.78. The van der Waals surface area contributed by atoms with Crippen LogP contribution in [0.4, 0.5) is 18.9 Å². The van der Waals surface area contributed by atoms with E-state index in [0.717, 1.165) is 24.9 Å². The summed E-state index contributed by atoms with van der Waals surface area (Å²) in [5.74, 6) is -6.01. The fraction of sp³-hybridized carbons (Fsp3) is 0.240. The largest absolute Gasteiger partial charge is 0.468 e. The number of halogens is 4. The minimum absolute atomic E-state index is 0.0214. The zero-order valence-corrected chi connectivity index (χ0v) is 21.8. The van der Waals surface area contributed by atoms with Crippen molar-refractivity contribution in [1.29, 1.82) is 5.26 Å². The molecule has 39 heavy (non-hydrogen) atoms. The fourth-order valence-corrected chi connectivity index (χ4v) is 4.85. The summed E-state index contributed by atoms with van der Waals surface area (Å²) in [5.41, 5.74) is -0.805. The Morgan fingerprint density at radius 1 is 1.13 bits per heavy atom. The first-order chi connectivity index (χ1) is 18.4. The molecule has 1 aliphatic heterocycles. The molecule has 0 aliphatic carbocycles. The van der Waals surface area contributed by atoms with Gasteiger partial charge >= 0.3 is 18.1 Å². The van der Waals surface area contributed by atoms with Crippen LogP contribution in [0, 0.1) is 17.2 Å². The number of alkyl halides is 3. The molecule has 2 N–H and O–H groups in total. The number of hydrogen-bond acceptors (Lipinski definition) is 8. The van der Waals surface area contributed by atoms with Crippen molar-refractivity contribution in [3.05, 3.63) is 74.8 Å². The van der Waals surface area contributed by atoms with E-state index in [-0.39, 0.29) is 21.9 Å². The monoisotopic (exact) mass is 581 g/mol. The zero-order valence-electron chi connectivity index (χ0n) is 20.2. The number of nitrogens with one attached hydrogen (secondary N) is 2. The predicted octanol–water partition coefficient (Wildman–Crippen LogP) is 4.26. The molecule has 2 amide bonds. The molecule has 0 fully saturated rings. The normalized spacial score (nSPS) is 17.1. The third-order valence-electron chi connectivity index (χ3n) is 5.58. The summed E-state index contributed by atoms with van der Waals surface area (Å²) in [5, 5.41) is 14.1. The van der Waals surface area contributed by atoms with Gasteiger partial charge in [-0.25, -0.2) is 4.79 Å². The van der Waals surface area contributed by atoms with Crippen LogP contribution < -0.4 is 10.6 Å². The Hall–Kier alpha value is -4.02. The second-order valence-corrected chi connectivity index (χ2v) is 9.36. The van der Waals surface area contributed by atoms with Crippen LogP contribution >= 0.6 is 23.4 Å². The number of methoxy groups -OCH3 is 2. The molecular weight excluding hydrogens is 563 g/mol. The molecule has 0 saturated heterocycles. The van der Waals surface area contributed by atoms with Gasteiger partial charge in [-0.1, -0.05) is 35.5 Å². The number of carbonyl (C=O) groups excluding carboxylic acids is 4. The number of benzene rings is 2. The van der Waals surface area contributed by atoms with Gasteiger partial charge in [0.25, 0.3) is 0 Å². The van der Waals surface area contributed by atoms with Gasteiger partial charge in [0, 0.05) is 11.6 Å². The van der Waals surface area contributed by atoms with Crippen molar-refractivity contribution in [2.24, 2.45) is 5.92 Å². The van der Waals surface area contributed by atoms with Gasteiger partial charge in [-0.2, -0.15) is 18.4 Å². The minimum Gasteiger partial charge on any atom is -0.468 e. The summed E-state index contributed by atoms with van der Waals surface area (Å²) in [6.45, 7) is 0. The molecule has 2 aromatic carbocycles. The molecule has 0 radical (unpaired) electrons. The van der Waals surface area contributed by atoms with Crippen molar-refractivity contribution in [1.82, 2.24) is 5.32 Å². The quantitative estimate of drug-likeness (QED) is 0.366. The number of carbonyl (C=O) groups is 4. The average molecular weight is 582 g/mol. The first kappa shape index (κ1) is 29.5. The van der Waals surface area contributed by atoms with Crippen LogP contribution in [0.2, 0.25) is 5.02 Å². The molecule has 0 bridgehead atoms. The van der Waals surface area contributed by atoms with Gasteiger partial charge in [0.05, 0.1) is 52.8 Å². The van der Waals surface area contributed by atoms with Crippen LogP contribution in [0.1, 0.15) is 27.4 Å². The standard InChI is InChI=1S/C25H19ClF3N3O6S/c1-37-23(35)13-5-3-12(4-6-13)19-15(10-30)22(32-21(34)20(19)24(36)38-2)39-11-18(33)31-14-7-8-17(26)16(9-14)25(27,28)29/h3-9,19-20H,11H2,1-2H3,(H,31,33)(H,32,34)/t19-,20-/m0/s1. The van der Waals surface area contributed by atoms with E-state index in [1.54, 1.807) is 0 Å². The molecule has 9 nitrogen and oxygen atoms in total. The Kier molecular flexibility index (Phi) is 9.26. The van der Waals surface area contributed by atoms with E-state index in [4.69, 9.17) is 16.3 Å². The van der Waals surface area contributed by atoms with Crippen LogP contribution in [0.5, 0.6) is 0 Å². The van der Waals surface area contributed by atoms with Crippen molar-refractivity contribution in [2.45, 2.75) is 12.1 Å². The highest BCUT2D eigenvalue weighted by Crippen LogP contribution is 2.40. The van der Waals surface area contributed by atoms with E-state index in [1.807, 2.05) is 6.07 Å². The summed E-state index contributed by atoms with van der Waals surface area (Å²) in [6.07, 6.45) is -4.73. The summed E-state index contributed by atoms with van der Waals surface area (Å²) in [4.78, 5) is 49.7. The minimum atomic E-state index is -4.73. The van der Waals surface area contributed by atoms with E-state index in [0.29, 0.717) is 11.6 Å². The van der Waals surface area contributed by atoms with Crippen molar-refractivity contribution < 1.29 is 41.8 Å². The number of anilines is 1. The van der Waals surface area contributed by atoms with E-state index >= 15 is 0 Å². The molecule has 0 spiro atoms. The van der Waals surface area contributed by atoms with Crippen LogP contribution in [0.15, 0.2) is 53.1 Å². The molecule has 3 rings (SSSR count). The fourth-order valence-electron chi connectivity index (χ4n) is 3.78. The van der Waals surface area contributed by atoms with Crippen molar-refractivity contribution in [3.8, 4) is 6.07 Å². The van der Waals surface area contributed by atoms with Crippen LogP contribution in [0.3, 0.4) is 0 Å². The predicted molar refractivity (Wildman–Crippen MR) is 134 cm³/mol. The molecule has 2 atom stereocenters. The maximum absolute atomic E-state index is 13.1. The van der Waals surface area contributed by atoms with Gasteiger partial charge in [-0.05, 0) is 35.9 Å². The van der Waals surface area contributed by atoms with Crippen molar-refractivity contribution >= 4 is 52.8 Å². The van der Waals surface area contributed by atoms with E-state index in [1.165, 1.54) is 37.4 Å². The van der Waals surface area contributed by atoms with Gasteiger partial charge in [0.1, 0.15) is 5.92 Å². The van der Waals surface area contributed by atoms with E-state index in [9.17, 15) is 37.6 Å². The summed E-state index contributed by atoms with van der Waals surface area (Å²) < 4.78 is 48.8. The third-order valence-corrected chi connectivity index (χ3v) is 6.92. The number of hydrogen-bond donors (Lipinski definition) is 2. The highest BCUT2D eigenvalue weighted by atomic mass is 35.5. The molecular formula is C25H19ClF3N3O6S. The maximum Gasteiger partial charge on any atom is 0.417 e. The molecule has 14 heteroatoms. The smallest absolute Gasteiger partial charge is 0.417 e. The Morgan fingerprint density at radius 2 is 1.79 bits per heavy atom. The maximum atomic E-state index is 13.1. The number of nitrogens with zero attached hydrogens (tertiary/aromatic N) is 1. The highest BCUT2D eigenvalue weighted by molar-refractivity contribution is 8.03. The van der Waals surface area contributed by atoms with Crippen molar-refractivity contribution in [2.75, 3.05) is 25.3 Å². The molecule has 0 unspecified atom stereocenters. The number of rotatable bonds is 7. The van der Waals surface area contributed by atoms with Gasteiger partial charge in [0.15, 0.2) is 0 Å². The van der Waals surface area contributed by atoms with Gasteiger partial charge in [0.2, 0.25) is 11.8 Å². The molecule has 1 aliphatic rings. The molecule has 2 aromatic rings. The molecule has 0 saturated carbocycles. The number of allylic oxidation sites excluding steroid dienone is 1. The Labute approximate surface area is 229 Å². The number of esters is 2. The second-order valence-electron chi connectivity index (χ2n) is 7.97. The number of ether oxygens (including phenoxy) is 2. The van der Waals surface area contributed by atoms with Gasteiger partial charge in [-0.15, -0.1) is 0 Å². The lowest BCUT2D eigenvalue weighted by molar-refractivity contribution is -0.150. The first-order valence-corrected chi connectivity index (χ1v) is 12.3. The SMILES string of the molecule is COC(=O)c1ccc([C@H]2C(C#N)=C(SCC(=O)Nc3ccc(Cl)c(C(F)(F)F)c3)NC(=O)[C@H]2C(=O)OC)cc1. The Morgan fingerprint density at radius 3 is 2.36 bits per heavy atom. The summed E-state index contributed by atoms with van der Waals surface area (Å²) >= 11 is 6.34. The van der Waals surface area contributed by atoms with Crippen LogP contribution in [-0.4, -0.2) is 43.7 Å². The topological polar surface area (TPSA) is 135 Å². The molecule has 1 heterocycles. The van der Waals surface area contributed by atoms with Gasteiger partial charge in [-0.3, -0.25) is 14.4 Å². The van der Waals surface area contributed by atoms with E-state index < -0.39 is 58.1 Å². The van der Waals surface area contributed by atoms with E-state index in [2.05, 4.69) is 15.4 Å². The van der Waals surface area contributed by atoms with Gasteiger partial charge < -0.3 is 20.1 Å².